The smallest absolute Gasteiger partial charge is 0.191 e. The first-order valence-electron chi connectivity index (χ1n) is 13.9. The van der Waals surface area contributed by atoms with Crippen LogP contribution in [0.5, 0.6) is 11.5 Å². The molecule has 1 atom stereocenters. The molecule has 0 saturated heterocycles. The van der Waals surface area contributed by atoms with Crippen molar-refractivity contribution in [3.05, 3.63) is 72.8 Å². The highest BCUT2D eigenvalue weighted by molar-refractivity contribution is 7.99. The number of aromatic hydroxyl groups is 1. The van der Waals surface area contributed by atoms with Gasteiger partial charge in [0.15, 0.2) is 16.8 Å². The second kappa shape index (κ2) is 12.5. The number of benzene rings is 4. The van der Waals surface area contributed by atoms with Gasteiger partial charge in [0.1, 0.15) is 11.5 Å². The molecule has 0 radical (unpaired) electrons. The summed E-state index contributed by atoms with van der Waals surface area (Å²) in [5.74, 6) is 3.34. The van der Waals surface area contributed by atoms with Gasteiger partial charge in [0.25, 0.3) is 0 Å². The van der Waals surface area contributed by atoms with E-state index < -0.39 is 0 Å². The minimum atomic E-state index is 0.0896. The number of unbranched alkanes of at least 4 members (excludes halogenated alkanes) is 1. The Morgan fingerprint density at radius 1 is 0.795 bits per heavy atom. The Kier molecular flexibility index (Phi) is 8.62. The molecule has 1 aromatic heterocycles. The molecule has 0 fully saturated rings. The van der Waals surface area contributed by atoms with E-state index in [-0.39, 0.29) is 5.75 Å². The van der Waals surface area contributed by atoms with Crippen molar-refractivity contribution in [1.82, 2.24) is 15.0 Å². The zero-order valence-corrected chi connectivity index (χ0v) is 23.7. The highest BCUT2D eigenvalue weighted by Crippen LogP contribution is 2.37. The maximum absolute atomic E-state index is 10.9. The van der Waals surface area contributed by atoms with Crippen LogP contribution in [0.4, 0.5) is 0 Å². The molecule has 0 aliphatic rings. The maximum Gasteiger partial charge on any atom is 0.191 e. The van der Waals surface area contributed by atoms with E-state index >= 15 is 0 Å². The van der Waals surface area contributed by atoms with Gasteiger partial charge >= 0.3 is 0 Å². The average Bonchev–Trinajstić information content (AvgIpc) is 2.97. The molecule has 0 aliphatic heterocycles. The van der Waals surface area contributed by atoms with E-state index in [4.69, 9.17) is 19.7 Å². The topological polar surface area (TPSA) is 68.1 Å². The molecule has 0 saturated carbocycles. The summed E-state index contributed by atoms with van der Waals surface area (Å²) in [7, 11) is 0. The fourth-order valence-electron chi connectivity index (χ4n) is 4.95. The lowest BCUT2D eigenvalue weighted by Crippen LogP contribution is -2.05. The molecule has 0 bridgehead atoms. The first-order valence-corrected chi connectivity index (χ1v) is 14.9. The third-order valence-corrected chi connectivity index (χ3v) is 8.22. The Balaban J connectivity index is 1.64. The molecule has 1 N–H and O–H groups in total. The molecule has 4 aromatic carbocycles. The van der Waals surface area contributed by atoms with Gasteiger partial charge < -0.3 is 9.84 Å². The number of phenols is 1. The standard InChI is InChI=1S/C33H35N3O2S/c1-4-7-12-22(5-2)21-39-33-35-31(28-18-17-24(38-6-3)20-30(28)37)34-32(36-33)29-19-23-13-8-9-14-25(23)26-15-10-11-16-27(26)29/h8-11,13-20,22,37H,4-7,12,21H2,1-3H3. The number of aromatic nitrogens is 3. The number of hydrogen-bond donors (Lipinski definition) is 1. The molecule has 39 heavy (non-hydrogen) atoms. The molecule has 1 heterocycles. The number of ether oxygens (including phenoxy) is 1. The highest BCUT2D eigenvalue weighted by atomic mass is 32.2. The predicted molar refractivity (Wildman–Crippen MR) is 163 cm³/mol. The lowest BCUT2D eigenvalue weighted by Gasteiger charge is -2.15. The van der Waals surface area contributed by atoms with Crippen LogP contribution in [0.1, 0.15) is 46.5 Å². The molecule has 1 unspecified atom stereocenters. The number of rotatable bonds is 11. The largest absolute Gasteiger partial charge is 0.507 e. The van der Waals surface area contributed by atoms with E-state index in [1.807, 2.05) is 19.1 Å². The first-order chi connectivity index (χ1) is 19.1. The van der Waals surface area contributed by atoms with Gasteiger partial charge in [-0.3, -0.25) is 0 Å². The van der Waals surface area contributed by atoms with E-state index in [1.54, 1.807) is 17.8 Å². The van der Waals surface area contributed by atoms with Gasteiger partial charge in [-0.1, -0.05) is 93.4 Å². The lowest BCUT2D eigenvalue weighted by molar-refractivity contribution is 0.338. The first kappa shape index (κ1) is 26.9. The van der Waals surface area contributed by atoms with Crippen LogP contribution < -0.4 is 4.74 Å². The van der Waals surface area contributed by atoms with Gasteiger partial charge in [0, 0.05) is 17.4 Å². The van der Waals surface area contributed by atoms with E-state index in [0.717, 1.165) is 33.9 Å². The van der Waals surface area contributed by atoms with Crippen LogP contribution in [-0.2, 0) is 0 Å². The summed E-state index contributed by atoms with van der Waals surface area (Å²) in [6.45, 7) is 6.94. The summed E-state index contributed by atoms with van der Waals surface area (Å²) in [6.07, 6.45) is 4.77. The van der Waals surface area contributed by atoms with Gasteiger partial charge in [0.2, 0.25) is 0 Å². The minimum absolute atomic E-state index is 0.0896. The van der Waals surface area contributed by atoms with E-state index in [0.29, 0.717) is 40.6 Å². The van der Waals surface area contributed by atoms with Gasteiger partial charge in [-0.15, -0.1) is 0 Å². The zero-order chi connectivity index (χ0) is 27.2. The Morgan fingerprint density at radius 2 is 1.51 bits per heavy atom. The Hall–Kier alpha value is -3.64. The van der Waals surface area contributed by atoms with Crippen LogP contribution in [0.2, 0.25) is 0 Å². The summed E-state index contributed by atoms with van der Waals surface area (Å²) < 4.78 is 5.58. The number of phenolic OH excluding ortho intramolecular Hbond substituents is 1. The van der Waals surface area contributed by atoms with E-state index in [9.17, 15) is 5.11 Å². The Bertz CT molecular complexity index is 1590. The molecule has 0 aliphatic carbocycles. The number of nitrogens with zero attached hydrogens (tertiary/aromatic N) is 3. The molecule has 0 spiro atoms. The van der Waals surface area contributed by atoms with Crippen molar-refractivity contribution in [2.45, 2.75) is 51.6 Å². The predicted octanol–water partition coefficient (Wildman–Crippen LogP) is 8.92. The van der Waals surface area contributed by atoms with Gasteiger partial charge in [-0.25, -0.2) is 15.0 Å². The van der Waals surface area contributed by atoms with Crippen molar-refractivity contribution in [2.75, 3.05) is 12.4 Å². The van der Waals surface area contributed by atoms with Crippen LogP contribution in [0, 0.1) is 5.92 Å². The van der Waals surface area contributed by atoms with Crippen molar-refractivity contribution in [2.24, 2.45) is 5.92 Å². The second-order valence-electron chi connectivity index (χ2n) is 9.80. The second-order valence-corrected chi connectivity index (χ2v) is 10.8. The van der Waals surface area contributed by atoms with Crippen molar-refractivity contribution >= 4 is 33.3 Å². The molecule has 5 rings (SSSR count). The lowest BCUT2D eigenvalue weighted by atomic mass is 9.97. The molecular formula is C33H35N3O2S. The number of thioether (sulfide) groups is 1. The summed E-state index contributed by atoms with van der Waals surface area (Å²) >= 11 is 1.68. The number of fused-ring (bicyclic) bond motifs is 3. The summed E-state index contributed by atoms with van der Waals surface area (Å²) in [5.41, 5.74) is 1.52. The van der Waals surface area contributed by atoms with Crippen LogP contribution in [0.3, 0.4) is 0 Å². The molecule has 200 valence electrons. The summed E-state index contributed by atoms with van der Waals surface area (Å²) in [4.78, 5) is 14.7. The molecule has 5 aromatic rings. The van der Waals surface area contributed by atoms with Crippen molar-refractivity contribution in [3.8, 4) is 34.3 Å². The highest BCUT2D eigenvalue weighted by Gasteiger charge is 2.18. The number of hydrogen-bond acceptors (Lipinski definition) is 6. The van der Waals surface area contributed by atoms with Crippen LogP contribution >= 0.6 is 11.8 Å². The maximum atomic E-state index is 10.9. The van der Waals surface area contributed by atoms with Crippen LogP contribution in [-0.4, -0.2) is 32.4 Å². The van der Waals surface area contributed by atoms with Crippen molar-refractivity contribution < 1.29 is 9.84 Å². The van der Waals surface area contributed by atoms with E-state index in [2.05, 4.69) is 68.4 Å². The molecule has 5 nitrogen and oxygen atoms in total. The average molecular weight is 538 g/mol. The van der Waals surface area contributed by atoms with Gasteiger partial charge in [0.05, 0.1) is 12.2 Å². The van der Waals surface area contributed by atoms with Gasteiger partial charge in [-0.05, 0) is 59.0 Å². The van der Waals surface area contributed by atoms with Crippen LogP contribution in [0.25, 0.3) is 44.3 Å². The molecule has 6 heteroatoms. The third-order valence-electron chi connectivity index (χ3n) is 7.14. The van der Waals surface area contributed by atoms with E-state index in [1.165, 1.54) is 24.6 Å². The molecule has 0 amide bonds. The summed E-state index contributed by atoms with van der Waals surface area (Å²) in [6, 6.07) is 24.3. The minimum Gasteiger partial charge on any atom is -0.507 e. The Labute approximate surface area is 234 Å². The Morgan fingerprint density at radius 3 is 2.23 bits per heavy atom. The zero-order valence-electron chi connectivity index (χ0n) is 22.9. The van der Waals surface area contributed by atoms with Crippen molar-refractivity contribution in [3.63, 3.8) is 0 Å². The van der Waals surface area contributed by atoms with Gasteiger partial charge in [-0.2, -0.15) is 0 Å². The molecular weight excluding hydrogens is 502 g/mol. The SMILES string of the molecule is CCCCC(CC)CSc1nc(-c2ccc(OCC)cc2O)nc(-c2cc3ccccc3c3ccccc23)n1. The van der Waals surface area contributed by atoms with Crippen LogP contribution in [0.15, 0.2) is 78.0 Å². The fraction of sp³-hybridized carbons (Fsp3) is 0.303. The summed E-state index contributed by atoms with van der Waals surface area (Å²) in [5, 5.41) is 16.2. The monoisotopic (exact) mass is 537 g/mol. The van der Waals surface area contributed by atoms with Crippen molar-refractivity contribution in [1.29, 1.82) is 0 Å². The normalized spacial score (nSPS) is 12.2. The fourth-order valence-corrected chi connectivity index (χ4v) is 6.04. The third kappa shape index (κ3) is 6.01. The quantitative estimate of drug-likeness (QED) is 0.134.